The Bertz CT molecular complexity index is 599. The molecule has 0 heterocycles. The molecule has 2 nitrogen and oxygen atoms in total. The van der Waals surface area contributed by atoms with Crippen LogP contribution in [0.4, 0.5) is 0 Å². The van der Waals surface area contributed by atoms with E-state index in [0.717, 1.165) is 36.3 Å². The van der Waals surface area contributed by atoms with E-state index < -0.39 is 0 Å². The molecule has 0 aliphatic carbocycles. The fraction of sp³-hybridized carbons (Fsp3) is 0.391. The lowest BCUT2D eigenvalue weighted by Gasteiger charge is -2.08. The molecular weight excluding hydrogens is 308 g/mol. The van der Waals surface area contributed by atoms with Gasteiger partial charge in [0.1, 0.15) is 11.5 Å². The van der Waals surface area contributed by atoms with Crippen LogP contribution < -0.4 is 4.74 Å². The van der Waals surface area contributed by atoms with Gasteiger partial charge < -0.3 is 9.84 Å². The van der Waals surface area contributed by atoms with Gasteiger partial charge >= 0.3 is 0 Å². The van der Waals surface area contributed by atoms with Crippen molar-refractivity contribution in [1.82, 2.24) is 0 Å². The Balaban J connectivity index is 1.59. The SMILES string of the molecule is C=CCCCCCCCCCOc1ccc(-c2ccc(O)cc2)cc1. The summed E-state index contributed by atoms with van der Waals surface area (Å²) < 4.78 is 5.82. The Morgan fingerprint density at radius 2 is 1.24 bits per heavy atom. The van der Waals surface area contributed by atoms with Crippen LogP contribution in [0.1, 0.15) is 51.4 Å². The highest BCUT2D eigenvalue weighted by Crippen LogP contribution is 2.24. The lowest BCUT2D eigenvalue weighted by atomic mass is 10.1. The van der Waals surface area contributed by atoms with Crippen molar-refractivity contribution in [3.05, 3.63) is 61.2 Å². The lowest BCUT2D eigenvalue weighted by molar-refractivity contribution is 0.304. The number of unbranched alkanes of at least 4 members (excludes halogenated alkanes) is 7. The van der Waals surface area contributed by atoms with Gasteiger partial charge in [0.2, 0.25) is 0 Å². The third-order valence-electron chi connectivity index (χ3n) is 4.38. The topological polar surface area (TPSA) is 29.5 Å². The van der Waals surface area contributed by atoms with Crippen LogP contribution in [0.25, 0.3) is 11.1 Å². The highest BCUT2D eigenvalue weighted by Gasteiger charge is 1.99. The molecule has 0 aliphatic heterocycles. The average Bonchev–Trinajstić information content (AvgIpc) is 2.64. The van der Waals surface area contributed by atoms with Crippen LogP contribution in [-0.4, -0.2) is 11.7 Å². The highest BCUT2D eigenvalue weighted by atomic mass is 16.5. The molecule has 0 saturated carbocycles. The maximum Gasteiger partial charge on any atom is 0.119 e. The summed E-state index contributed by atoms with van der Waals surface area (Å²) in [7, 11) is 0. The summed E-state index contributed by atoms with van der Waals surface area (Å²) in [6.45, 7) is 4.54. The number of phenolic OH excluding ortho intramolecular Hbond substituents is 1. The first-order valence-corrected chi connectivity index (χ1v) is 9.43. The van der Waals surface area contributed by atoms with E-state index in [0.29, 0.717) is 5.75 Å². The van der Waals surface area contributed by atoms with Gasteiger partial charge in [-0.25, -0.2) is 0 Å². The predicted molar refractivity (Wildman–Crippen MR) is 106 cm³/mol. The lowest BCUT2D eigenvalue weighted by Crippen LogP contribution is -1.97. The van der Waals surface area contributed by atoms with E-state index in [-0.39, 0.29) is 0 Å². The zero-order valence-electron chi connectivity index (χ0n) is 15.1. The van der Waals surface area contributed by atoms with Gasteiger partial charge in [-0.05, 0) is 54.7 Å². The number of rotatable bonds is 12. The van der Waals surface area contributed by atoms with E-state index in [2.05, 4.69) is 18.7 Å². The standard InChI is InChI=1S/C23H30O2/c1-2-3-4-5-6-7-8-9-10-19-25-23-17-13-21(14-18-23)20-11-15-22(24)16-12-20/h2,11-18,24H,1,3-10,19H2. The summed E-state index contributed by atoms with van der Waals surface area (Å²) in [5.74, 6) is 1.22. The second kappa shape index (κ2) is 11.4. The Morgan fingerprint density at radius 3 is 1.84 bits per heavy atom. The smallest absolute Gasteiger partial charge is 0.119 e. The fourth-order valence-corrected chi connectivity index (χ4v) is 2.86. The Morgan fingerprint density at radius 1 is 0.720 bits per heavy atom. The van der Waals surface area contributed by atoms with Crippen molar-refractivity contribution in [2.24, 2.45) is 0 Å². The van der Waals surface area contributed by atoms with Gasteiger partial charge in [0.15, 0.2) is 0 Å². The van der Waals surface area contributed by atoms with E-state index in [9.17, 15) is 5.11 Å². The van der Waals surface area contributed by atoms with Crippen molar-refractivity contribution in [1.29, 1.82) is 0 Å². The van der Waals surface area contributed by atoms with E-state index >= 15 is 0 Å². The van der Waals surface area contributed by atoms with Gasteiger partial charge in [0, 0.05) is 0 Å². The van der Waals surface area contributed by atoms with Gasteiger partial charge in [0.25, 0.3) is 0 Å². The molecule has 0 spiro atoms. The van der Waals surface area contributed by atoms with Gasteiger partial charge in [-0.15, -0.1) is 6.58 Å². The summed E-state index contributed by atoms with van der Waals surface area (Å²) in [6.07, 6.45) is 12.1. The number of allylic oxidation sites excluding steroid dienone is 1. The second-order valence-corrected chi connectivity index (χ2v) is 6.47. The molecule has 0 bridgehead atoms. The third kappa shape index (κ3) is 7.47. The molecule has 1 N–H and O–H groups in total. The van der Waals surface area contributed by atoms with Crippen LogP contribution in [0, 0.1) is 0 Å². The molecule has 0 aromatic heterocycles. The Labute approximate surface area is 152 Å². The quantitative estimate of drug-likeness (QED) is 0.343. The van der Waals surface area contributed by atoms with Crippen molar-refractivity contribution >= 4 is 0 Å². The third-order valence-corrected chi connectivity index (χ3v) is 4.38. The van der Waals surface area contributed by atoms with Crippen LogP contribution in [-0.2, 0) is 0 Å². The van der Waals surface area contributed by atoms with E-state index in [4.69, 9.17) is 4.74 Å². The summed E-state index contributed by atoms with van der Waals surface area (Å²) in [6, 6.07) is 15.4. The molecule has 2 aromatic rings. The normalized spacial score (nSPS) is 10.6. The van der Waals surface area contributed by atoms with Crippen LogP contribution in [0.15, 0.2) is 61.2 Å². The minimum absolute atomic E-state index is 0.292. The number of aromatic hydroxyl groups is 1. The first kappa shape index (κ1) is 19.1. The molecule has 0 saturated heterocycles. The molecule has 0 amide bonds. The minimum Gasteiger partial charge on any atom is -0.508 e. The van der Waals surface area contributed by atoms with Crippen molar-refractivity contribution in [3.63, 3.8) is 0 Å². The molecule has 0 radical (unpaired) electrons. The molecule has 0 aliphatic rings. The summed E-state index contributed by atoms with van der Waals surface area (Å²) in [4.78, 5) is 0. The van der Waals surface area contributed by atoms with Gasteiger partial charge in [-0.3, -0.25) is 0 Å². The van der Waals surface area contributed by atoms with Gasteiger partial charge in [0.05, 0.1) is 6.61 Å². The largest absolute Gasteiger partial charge is 0.508 e. The average molecular weight is 338 g/mol. The molecular formula is C23H30O2. The van der Waals surface area contributed by atoms with Crippen LogP contribution >= 0.6 is 0 Å². The number of hydrogen-bond donors (Lipinski definition) is 1. The number of ether oxygens (including phenoxy) is 1. The first-order valence-electron chi connectivity index (χ1n) is 9.43. The Kier molecular flexibility index (Phi) is 8.68. The summed E-state index contributed by atoms with van der Waals surface area (Å²) in [5, 5.41) is 9.35. The van der Waals surface area contributed by atoms with Crippen LogP contribution in [0.5, 0.6) is 11.5 Å². The van der Waals surface area contributed by atoms with Gasteiger partial charge in [-0.1, -0.05) is 62.4 Å². The highest BCUT2D eigenvalue weighted by molar-refractivity contribution is 5.64. The molecule has 2 aromatic carbocycles. The molecule has 134 valence electrons. The van der Waals surface area contributed by atoms with Crippen LogP contribution in [0.3, 0.4) is 0 Å². The van der Waals surface area contributed by atoms with Crippen molar-refractivity contribution < 1.29 is 9.84 Å². The molecule has 0 atom stereocenters. The van der Waals surface area contributed by atoms with Crippen molar-refractivity contribution in [3.8, 4) is 22.6 Å². The molecule has 2 heteroatoms. The first-order chi connectivity index (χ1) is 12.3. The predicted octanol–water partition coefficient (Wildman–Crippen LogP) is 6.74. The maximum absolute atomic E-state index is 9.35. The second-order valence-electron chi connectivity index (χ2n) is 6.47. The van der Waals surface area contributed by atoms with Crippen LogP contribution in [0.2, 0.25) is 0 Å². The van der Waals surface area contributed by atoms with E-state index in [1.54, 1.807) is 12.1 Å². The van der Waals surface area contributed by atoms with Crippen molar-refractivity contribution in [2.45, 2.75) is 51.4 Å². The van der Waals surface area contributed by atoms with Crippen molar-refractivity contribution in [2.75, 3.05) is 6.61 Å². The maximum atomic E-state index is 9.35. The molecule has 2 rings (SSSR count). The molecule has 0 unspecified atom stereocenters. The number of phenols is 1. The Hall–Kier alpha value is -2.22. The fourth-order valence-electron chi connectivity index (χ4n) is 2.86. The monoisotopic (exact) mass is 338 g/mol. The zero-order valence-corrected chi connectivity index (χ0v) is 15.1. The number of hydrogen-bond acceptors (Lipinski definition) is 2. The van der Waals surface area contributed by atoms with E-state index in [1.165, 1.54) is 38.5 Å². The summed E-state index contributed by atoms with van der Waals surface area (Å²) in [5.41, 5.74) is 2.22. The van der Waals surface area contributed by atoms with E-state index in [1.807, 2.05) is 30.3 Å². The summed E-state index contributed by atoms with van der Waals surface area (Å²) >= 11 is 0. The zero-order chi connectivity index (χ0) is 17.7. The molecule has 25 heavy (non-hydrogen) atoms. The minimum atomic E-state index is 0.292. The number of benzene rings is 2. The van der Waals surface area contributed by atoms with Gasteiger partial charge in [-0.2, -0.15) is 0 Å². The molecule has 0 fully saturated rings.